The lowest BCUT2D eigenvalue weighted by Crippen LogP contribution is -2.49. The maximum Gasteiger partial charge on any atom is 0.225 e. The third-order valence-electron chi connectivity index (χ3n) is 5.12. The number of aromatic nitrogens is 2. The molecule has 1 aromatic heterocycles. The molecule has 0 amide bonds. The Hall–Kier alpha value is -1.28. The molecule has 0 spiro atoms. The van der Waals surface area contributed by atoms with Gasteiger partial charge in [-0.05, 0) is 39.7 Å². The van der Waals surface area contributed by atoms with Crippen molar-refractivity contribution >= 4 is 5.95 Å². The van der Waals surface area contributed by atoms with Crippen LogP contribution in [0.3, 0.4) is 0 Å². The summed E-state index contributed by atoms with van der Waals surface area (Å²) in [4.78, 5) is 16.2. The second-order valence-electron chi connectivity index (χ2n) is 8.70. The summed E-state index contributed by atoms with van der Waals surface area (Å²) in [5.74, 6) is 0.880. The van der Waals surface area contributed by atoms with E-state index < -0.39 is 6.10 Å². The zero-order chi connectivity index (χ0) is 19.3. The van der Waals surface area contributed by atoms with Crippen LogP contribution in [0.4, 0.5) is 5.95 Å². The molecule has 0 aliphatic carbocycles. The number of piperazine rings is 1. The lowest BCUT2D eigenvalue weighted by atomic mass is 10.2. The quantitative estimate of drug-likeness (QED) is 0.770. The molecule has 0 radical (unpaired) electrons. The van der Waals surface area contributed by atoms with Gasteiger partial charge in [0.25, 0.3) is 0 Å². The first kappa shape index (κ1) is 20.5. The summed E-state index contributed by atoms with van der Waals surface area (Å²) in [5.41, 5.74) is 0.893. The lowest BCUT2D eigenvalue weighted by molar-refractivity contribution is -0.0587. The van der Waals surface area contributed by atoms with E-state index in [2.05, 4.69) is 19.7 Å². The topological polar surface area (TPSA) is 65.0 Å². The minimum absolute atomic E-state index is 0.203. The van der Waals surface area contributed by atoms with Gasteiger partial charge in [0.05, 0.1) is 24.0 Å². The molecule has 1 unspecified atom stereocenters. The SMILES string of the molecule is CC(C)(C)OCC(O)CN1CCN(Cc2ccnc(N3CCCC3)n2)CC1. The van der Waals surface area contributed by atoms with Crippen LogP contribution in [0.1, 0.15) is 39.3 Å². The Kier molecular flexibility index (Phi) is 7.03. The number of anilines is 1. The van der Waals surface area contributed by atoms with Gasteiger partial charge in [0.2, 0.25) is 5.95 Å². The van der Waals surface area contributed by atoms with Crippen LogP contribution >= 0.6 is 0 Å². The average molecular weight is 378 g/mol. The molecular formula is C20H35N5O2. The molecule has 2 aliphatic heterocycles. The number of ether oxygens (including phenoxy) is 1. The standard InChI is InChI=1S/C20H35N5O2/c1-20(2,3)27-16-18(26)15-24-12-10-23(11-13-24)14-17-6-7-21-19(22-17)25-8-4-5-9-25/h6-7,18,26H,4-5,8-16H2,1-3H3. The molecule has 0 bridgehead atoms. The van der Waals surface area contributed by atoms with Gasteiger partial charge in [0.1, 0.15) is 0 Å². The van der Waals surface area contributed by atoms with Crippen LogP contribution in [0.2, 0.25) is 0 Å². The zero-order valence-electron chi connectivity index (χ0n) is 17.1. The number of aliphatic hydroxyl groups is 1. The summed E-state index contributed by atoms with van der Waals surface area (Å²) in [5, 5.41) is 10.2. The van der Waals surface area contributed by atoms with Crippen LogP contribution in [0.15, 0.2) is 12.3 Å². The lowest BCUT2D eigenvalue weighted by Gasteiger charge is -2.35. The molecule has 0 aromatic carbocycles. The highest BCUT2D eigenvalue weighted by atomic mass is 16.5. The molecule has 0 saturated carbocycles. The van der Waals surface area contributed by atoms with Gasteiger partial charge in [0.15, 0.2) is 0 Å². The largest absolute Gasteiger partial charge is 0.389 e. The number of rotatable bonds is 7. The Morgan fingerprint density at radius 2 is 1.74 bits per heavy atom. The maximum absolute atomic E-state index is 10.2. The van der Waals surface area contributed by atoms with Crippen LogP contribution in [-0.4, -0.2) is 89.0 Å². The van der Waals surface area contributed by atoms with Crippen molar-refractivity contribution in [2.24, 2.45) is 0 Å². The van der Waals surface area contributed by atoms with Crippen LogP contribution < -0.4 is 4.90 Å². The van der Waals surface area contributed by atoms with Gasteiger partial charge in [-0.25, -0.2) is 9.97 Å². The van der Waals surface area contributed by atoms with Gasteiger partial charge < -0.3 is 14.7 Å². The first-order chi connectivity index (χ1) is 12.9. The smallest absolute Gasteiger partial charge is 0.225 e. The molecule has 7 heteroatoms. The molecule has 1 N–H and O–H groups in total. The second-order valence-corrected chi connectivity index (χ2v) is 8.70. The molecule has 152 valence electrons. The zero-order valence-corrected chi connectivity index (χ0v) is 17.1. The predicted octanol–water partition coefficient (Wildman–Crippen LogP) is 1.37. The third-order valence-corrected chi connectivity index (χ3v) is 5.12. The average Bonchev–Trinajstić information content (AvgIpc) is 3.16. The van der Waals surface area contributed by atoms with Crippen LogP contribution in [0.25, 0.3) is 0 Å². The Balaban J connectivity index is 1.41. The van der Waals surface area contributed by atoms with Gasteiger partial charge >= 0.3 is 0 Å². The molecule has 27 heavy (non-hydrogen) atoms. The van der Waals surface area contributed by atoms with Crippen LogP contribution in [0.5, 0.6) is 0 Å². The summed E-state index contributed by atoms with van der Waals surface area (Å²) in [7, 11) is 0. The molecule has 2 saturated heterocycles. The summed E-state index contributed by atoms with van der Waals surface area (Å²) in [6, 6.07) is 2.03. The number of hydrogen-bond donors (Lipinski definition) is 1. The predicted molar refractivity (Wildman–Crippen MR) is 107 cm³/mol. The molecule has 2 aliphatic rings. The van der Waals surface area contributed by atoms with Crippen molar-refractivity contribution < 1.29 is 9.84 Å². The van der Waals surface area contributed by atoms with Crippen LogP contribution in [-0.2, 0) is 11.3 Å². The van der Waals surface area contributed by atoms with Crippen LogP contribution in [0, 0.1) is 0 Å². The number of nitrogens with zero attached hydrogens (tertiary/aromatic N) is 5. The van der Waals surface area contributed by atoms with E-state index in [4.69, 9.17) is 9.72 Å². The fourth-order valence-corrected chi connectivity index (χ4v) is 3.60. The number of hydrogen-bond acceptors (Lipinski definition) is 7. The maximum atomic E-state index is 10.2. The highest BCUT2D eigenvalue weighted by Gasteiger charge is 2.22. The van der Waals surface area contributed by atoms with Crippen molar-refractivity contribution in [2.45, 2.75) is 51.9 Å². The molecular weight excluding hydrogens is 342 g/mol. The van der Waals surface area contributed by atoms with Gasteiger partial charge in [-0.3, -0.25) is 9.80 Å². The van der Waals surface area contributed by atoms with E-state index in [-0.39, 0.29) is 5.60 Å². The minimum atomic E-state index is -0.430. The highest BCUT2D eigenvalue weighted by molar-refractivity contribution is 5.31. The van der Waals surface area contributed by atoms with Crippen molar-refractivity contribution in [2.75, 3.05) is 57.3 Å². The number of β-amino-alcohol motifs (C(OH)–C–C–N with tert-alkyl or cyclic N) is 1. The van der Waals surface area contributed by atoms with E-state index in [1.165, 1.54) is 12.8 Å². The van der Waals surface area contributed by atoms with E-state index in [9.17, 15) is 5.11 Å². The summed E-state index contributed by atoms with van der Waals surface area (Å²) in [6.07, 6.45) is 3.93. The molecule has 7 nitrogen and oxygen atoms in total. The minimum Gasteiger partial charge on any atom is -0.389 e. The van der Waals surface area contributed by atoms with Gasteiger partial charge in [-0.1, -0.05) is 0 Å². The Bertz CT molecular complexity index is 578. The molecule has 3 rings (SSSR count). The monoisotopic (exact) mass is 377 g/mol. The fraction of sp³-hybridized carbons (Fsp3) is 0.800. The van der Waals surface area contributed by atoms with Crippen molar-refractivity contribution in [3.63, 3.8) is 0 Å². The Morgan fingerprint density at radius 1 is 1.07 bits per heavy atom. The summed E-state index contributed by atoms with van der Waals surface area (Å²) >= 11 is 0. The van der Waals surface area contributed by atoms with Crippen molar-refractivity contribution in [1.82, 2.24) is 19.8 Å². The van der Waals surface area contributed by atoms with E-state index in [1.54, 1.807) is 0 Å². The van der Waals surface area contributed by atoms with Gasteiger partial charge in [-0.2, -0.15) is 0 Å². The fourth-order valence-electron chi connectivity index (χ4n) is 3.60. The van der Waals surface area contributed by atoms with Gasteiger partial charge in [-0.15, -0.1) is 0 Å². The second kappa shape index (κ2) is 9.28. The van der Waals surface area contributed by atoms with E-state index in [0.717, 1.165) is 57.5 Å². The van der Waals surface area contributed by atoms with Crippen molar-refractivity contribution in [3.8, 4) is 0 Å². The summed E-state index contributed by atoms with van der Waals surface area (Å²) in [6.45, 7) is 14.1. The summed E-state index contributed by atoms with van der Waals surface area (Å²) < 4.78 is 5.68. The van der Waals surface area contributed by atoms with E-state index in [1.807, 2.05) is 33.0 Å². The third kappa shape index (κ3) is 6.68. The Morgan fingerprint density at radius 3 is 2.41 bits per heavy atom. The van der Waals surface area contributed by atoms with E-state index in [0.29, 0.717) is 13.2 Å². The molecule has 1 atom stereocenters. The molecule has 2 fully saturated rings. The van der Waals surface area contributed by atoms with Crippen molar-refractivity contribution in [1.29, 1.82) is 0 Å². The van der Waals surface area contributed by atoms with Crippen molar-refractivity contribution in [3.05, 3.63) is 18.0 Å². The molecule has 1 aromatic rings. The Labute approximate surface area is 163 Å². The first-order valence-electron chi connectivity index (χ1n) is 10.2. The van der Waals surface area contributed by atoms with Gasteiger partial charge in [0, 0.05) is 58.6 Å². The first-order valence-corrected chi connectivity index (χ1v) is 10.2. The normalized spacial score (nSPS) is 21.0. The number of aliphatic hydroxyl groups excluding tert-OH is 1. The van der Waals surface area contributed by atoms with E-state index >= 15 is 0 Å². The highest BCUT2D eigenvalue weighted by Crippen LogP contribution is 2.16. The molecule has 3 heterocycles.